The maximum Gasteiger partial charge on any atom is 0.144 e. The highest BCUT2D eigenvalue weighted by Crippen LogP contribution is 2.21. The van der Waals surface area contributed by atoms with Crippen LogP contribution in [0.1, 0.15) is 32.3 Å². The maximum absolute atomic E-state index is 8.69. The summed E-state index contributed by atoms with van der Waals surface area (Å²) in [7, 11) is 0. The van der Waals surface area contributed by atoms with Gasteiger partial charge in [0.25, 0.3) is 0 Å². The minimum absolute atomic E-state index is 0.258. The van der Waals surface area contributed by atoms with E-state index in [1.54, 1.807) is 0 Å². The van der Waals surface area contributed by atoms with E-state index in [1.165, 1.54) is 5.56 Å². The smallest absolute Gasteiger partial charge is 0.144 e. The molecular weight excluding hydrogens is 306 g/mol. The predicted octanol–water partition coefficient (Wildman–Crippen LogP) is 3.09. The van der Waals surface area contributed by atoms with Crippen LogP contribution in [-0.4, -0.2) is 17.6 Å². The summed E-state index contributed by atoms with van der Waals surface area (Å²) in [5, 5.41) is 15.2. The van der Waals surface area contributed by atoms with Crippen molar-refractivity contribution in [3.05, 3.63) is 34.3 Å². The largest absolute Gasteiger partial charge is 0.409 e. The quantitative estimate of drug-likeness (QED) is 0.237. The third-order valence-corrected chi connectivity index (χ3v) is 3.67. The average Bonchev–Trinajstić information content (AvgIpc) is 2.37. The molecule has 0 heterocycles. The summed E-state index contributed by atoms with van der Waals surface area (Å²) in [6, 6.07) is 8.25. The fourth-order valence-corrected chi connectivity index (χ4v) is 2.25. The van der Waals surface area contributed by atoms with Gasteiger partial charge in [0, 0.05) is 16.4 Å². The van der Waals surface area contributed by atoms with Gasteiger partial charge in [-0.1, -0.05) is 47.1 Å². The SMILES string of the molecule is CC(C)(CCCNCc1cccc(Br)c1)C(N)=NO. The Labute approximate surface area is 123 Å². The highest BCUT2D eigenvalue weighted by atomic mass is 79.9. The molecule has 0 amide bonds. The number of benzene rings is 1. The number of nitrogens with two attached hydrogens (primary N) is 1. The van der Waals surface area contributed by atoms with Crippen molar-refractivity contribution in [3.8, 4) is 0 Å². The molecule has 0 unspecified atom stereocenters. The van der Waals surface area contributed by atoms with Crippen LogP contribution in [0.4, 0.5) is 0 Å². The van der Waals surface area contributed by atoms with Gasteiger partial charge in [-0.3, -0.25) is 0 Å². The predicted molar refractivity (Wildman–Crippen MR) is 82.3 cm³/mol. The number of halogens is 1. The van der Waals surface area contributed by atoms with Crippen molar-refractivity contribution in [2.75, 3.05) is 6.54 Å². The Morgan fingerprint density at radius 3 is 2.84 bits per heavy atom. The van der Waals surface area contributed by atoms with Crippen molar-refractivity contribution in [2.24, 2.45) is 16.3 Å². The van der Waals surface area contributed by atoms with Crippen molar-refractivity contribution < 1.29 is 5.21 Å². The first-order chi connectivity index (χ1) is 8.95. The molecule has 5 heteroatoms. The van der Waals surface area contributed by atoms with Gasteiger partial charge in [0.2, 0.25) is 0 Å². The zero-order valence-corrected chi connectivity index (χ0v) is 13.1. The lowest BCUT2D eigenvalue weighted by Crippen LogP contribution is -2.32. The van der Waals surface area contributed by atoms with E-state index in [2.05, 4.69) is 38.5 Å². The second-order valence-electron chi connectivity index (χ2n) is 5.28. The van der Waals surface area contributed by atoms with Crippen LogP contribution in [-0.2, 0) is 6.54 Å². The Morgan fingerprint density at radius 1 is 1.47 bits per heavy atom. The van der Waals surface area contributed by atoms with E-state index in [9.17, 15) is 0 Å². The van der Waals surface area contributed by atoms with Crippen LogP contribution < -0.4 is 11.1 Å². The number of nitrogens with one attached hydrogen (secondary N) is 1. The van der Waals surface area contributed by atoms with Crippen LogP contribution in [0.25, 0.3) is 0 Å². The molecule has 0 saturated carbocycles. The number of nitrogens with zero attached hydrogens (tertiary/aromatic N) is 1. The van der Waals surface area contributed by atoms with E-state index < -0.39 is 0 Å². The van der Waals surface area contributed by atoms with Crippen LogP contribution in [0.15, 0.2) is 33.9 Å². The molecule has 0 aromatic heterocycles. The zero-order chi connectivity index (χ0) is 14.3. The van der Waals surface area contributed by atoms with Crippen LogP contribution in [0.5, 0.6) is 0 Å². The molecule has 1 aromatic rings. The first kappa shape index (κ1) is 16.0. The van der Waals surface area contributed by atoms with Crippen molar-refractivity contribution in [1.82, 2.24) is 5.32 Å². The van der Waals surface area contributed by atoms with E-state index in [4.69, 9.17) is 10.9 Å². The van der Waals surface area contributed by atoms with Crippen LogP contribution >= 0.6 is 15.9 Å². The summed E-state index contributed by atoms with van der Waals surface area (Å²) in [4.78, 5) is 0. The summed E-state index contributed by atoms with van der Waals surface area (Å²) in [6.07, 6.45) is 1.87. The summed E-state index contributed by atoms with van der Waals surface area (Å²) in [5.41, 5.74) is 6.64. The number of hydrogen-bond acceptors (Lipinski definition) is 3. The Morgan fingerprint density at radius 2 is 2.21 bits per heavy atom. The van der Waals surface area contributed by atoms with Gasteiger partial charge in [-0.15, -0.1) is 0 Å². The Balaban J connectivity index is 2.25. The zero-order valence-electron chi connectivity index (χ0n) is 11.5. The summed E-state index contributed by atoms with van der Waals surface area (Å²) < 4.78 is 1.10. The van der Waals surface area contributed by atoms with Crippen molar-refractivity contribution in [1.29, 1.82) is 0 Å². The molecule has 0 radical (unpaired) electrons. The number of hydrogen-bond donors (Lipinski definition) is 3. The van der Waals surface area contributed by atoms with E-state index in [-0.39, 0.29) is 5.41 Å². The summed E-state index contributed by atoms with van der Waals surface area (Å²) >= 11 is 3.46. The molecule has 19 heavy (non-hydrogen) atoms. The van der Waals surface area contributed by atoms with Gasteiger partial charge >= 0.3 is 0 Å². The molecule has 0 fully saturated rings. The first-order valence-corrected chi connectivity index (χ1v) is 7.18. The molecular formula is C14H22BrN3O. The average molecular weight is 328 g/mol. The normalized spacial score (nSPS) is 12.7. The van der Waals surface area contributed by atoms with Crippen LogP contribution in [0.2, 0.25) is 0 Å². The number of oxime groups is 1. The van der Waals surface area contributed by atoms with Crippen LogP contribution in [0.3, 0.4) is 0 Å². The summed E-state index contributed by atoms with van der Waals surface area (Å²) in [6.45, 7) is 5.73. The van der Waals surface area contributed by atoms with Gasteiger partial charge in [-0.25, -0.2) is 0 Å². The molecule has 1 rings (SSSR count). The molecule has 106 valence electrons. The lowest BCUT2D eigenvalue weighted by atomic mass is 9.86. The van der Waals surface area contributed by atoms with E-state index in [0.717, 1.165) is 30.4 Å². The Bertz CT molecular complexity index is 432. The molecule has 4 nitrogen and oxygen atoms in total. The van der Waals surface area contributed by atoms with Crippen molar-refractivity contribution in [2.45, 2.75) is 33.2 Å². The highest BCUT2D eigenvalue weighted by Gasteiger charge is 2.22. The fourth-order valence-electron chi connectivity index (χ4n) is 1.80. The summed E-state index contributed by atoms with van der Waals surface area (Å²) in [5.74, 6) is 0.291. The van der Waals surface area contributed by atoms with E-state index >= 15 is 0 Å². The topological polar surface area (TPSA) is 70.6 Å². The lowest BCUT2D eigenvalue weighted by Gasteiger charge is -2.22. The fraction of sp³-hybridized carbons (Fsp3) is 0.500. The number of amidine groups is 1. The molecule has 1 aromatic carbocycles. The number of rotatable bonds is 7. The van der Waals surface area contributed by atoms with Gasteiger partial charge in [-0.05, 0) is 37.1 Å². The van der Waals surface area contributed by atoms with Gasteiger partial charge in [-0.2, -0.15) is 0 Å². The molecule has 0 saturated heterocycles. The molecule has 0 aliphatic rings. The third kappa shape index (κ3) is 5.61. The Kier molecular flexibility index (Phi) is 6.31. The maximum atomic E-state index is 8.69. The second kappa shape index (κ2) is 7.50. The second-order valence-corrected chi connectivity index (χ2v) is 6.20. The molecule has 0 spiro atoms. The Hall–Kier alpha value is -1.07. The molecule has 0 aliphatic carbocycles. The highest BCUT2D eigenvalue weighted by molar-refractivity contribution is 9.10. The molecule has 0 atom stereocenters. The van der Waals surface area contributed by atoms with Crippen LogP contribution in [0, 0.1) is 5.41 Å². The van der Waals surface area contributed by atoms with Crippen molar-refractivity contribution in [3.63, 3.8) is 0 Å². The van der Waals surface area contributed by atoms with Crippen molar-refractivity contribution >= 4 is 21.8 Å². The van der Waals surface area contributed by atoms with Gasteiger partial charge < -0.3 is 16.3 Å². The lowest BCUT2D eigenvalue weighted by molar-refractivity contribution is 0.304. The first-order valence-electron chi connectivity index (χ1n) is 6.39. The molecule has 0 bridgehead atoms. The van der Waals surface area contributed by atoms with Gasteiger partial charge in [0.15, 0.2) is 0 Å². The molecule has 0 aliphatic heterocycles. The minimum atomic E-state index is -0.258. The third-order valence-electron chi connectivity index (χ3n) is 3.17. The van der Waals surface area contributed by atoms with Gasteiger partial charge in [0.1, 0.15) is 5.84 Å². The van der Waals surface area contributed by atoms with E-state index in [1.807, 2.05) is 26.0 Å². The monoisotopic (exact) mass is 327 g/mol. The standard InChI is InChI=1S/C14H22BrN3O/c1-14(2,13(16)18-19)7-4-8-17-10-11-5-3-6-12(15)9-11/h3,5-6,9,17,19H,4,7-8,10H2,1-2H3,(H2,16,18). The minimum Gasteiger partial charge on any atom is -0.409 e. The van der Waals surface area contributed by atoms with E-state index in [0.29, 0.717) is 5.84 Å². The molecule has 4 N–H and O–H groups in total. The van der Waals surface area contributed by atoms with Gasteiger partial charge in [0.05, 0.1) is 0 Å².